The lowest BCUT2D eigenvalue weighted by Crippen LogP contribution is -2.26. The minimum atomic E-state index is 0.986. The summed E-state index contributed by atoms with van der Waals surface area (Å²) in [6, 6.07) is 8.94. The van der Waals surface area contributed by atoms with Crippen molar-refractivity contribution in [1.29, 1.82) is 0 Å². The smallest absolute Gasteiger partial charge is 0.0175 e. The summed E-state index contributed by atoms with van der Waals surface area (Å²) in [5.74, 6) is 4.20. The minimum Gasteiger partial charge on any atom is -0.0654 e. The van der Waals surface area contributed by atoms with Crippen LogP contribution in [0.2, 0.25) is 0 Å². The topological polar surface area (TPSA) is 0 Å². The second-order valence-electron chi connectivity index (χ2n) is 9.22. The van der Waals surface area contributed by atoms with E-state index in [2.05, 4.69) is 47.1 Å². The van der Waals surface area contributed by atoms with E-state index in [1.165, 1.54) is 87.1 Å². The van der Waals surface area contributed by atoms with Crippen LogP contribution in [0.4, 0.5) is 0 Å². The molecule has 146 valence electrons. The van der Waals surface area contributed by atoms with Gasteiger partial charge in [-0.05, 0) is 79.9 Å². The number of rotatable bonds is 8. The zero-order chi connectivity index (χ0) is 18.2. The Morgan fingerprint density at radius 2 is 1.27 bits per heavy atom. The predicted molar refractivity (Wildman–Crippen MR) is 118 cm³/mol. The van der Waals surface area contributed by atoms with Gasteiger partial charge in [0, 0.05) is 4.47 Å². The highest BCUT2D eigenvalue weighted by Gasteiger charge is 2.30. The molecule has 0 aliphatic heterocycles. The molecule has 0 radical (unpaired) electrons. The Bertz CT molecular complexity index is 489. The van der Waals surface area contributed by atoms with E-state index in [0.717, 1.165) is 23.7 Å². The number of unbranched alkanes of at least 4 members (excludes halogenated alkanes) is 2. The molecular weight excluding hydrogens is 380 g/mol. The van der Waals surface area contributed by atoms with Crippen molar-refractivity contribution in [1.82, 2.24) is 0 Å². The van der Waals surface area contributed by atoms with Gasteiger partial charge in [0.2, 0.25) is 0 Å². The van der Waals surface area contributed by atoms with Crippen LogP contribution in [0.15, 0.2) is 28.7 Å². The Hall–Kier alpha value is -0.300. The van der Waals surface area contributed by atoms with Crippen LogP contribution in [-0.4, -0.2) is 0 Å². The SMILES string of the molecule is CCCCC[C@H]1CC[C@H]([C@H]2CC[C@H](CCc3ccc(Br)cc3)CC2)CC1. The molecule has 26 heavy (non-hydrogen) atoms. The highest BCUT2D eigenvalue weighted by molar-refractivity contribution is 9.10. The fourth-order valence-electron chi connectivity index (χ4n) is 5.60. The van der Waals surface area contributed by atoms with Gasteiger partial charge in [-0.1, -0.05) is 86.4 Å². The van der Waals surface area contributed by atoms with Crippen LogP contribution in [0.3, 0.4) is 0 Å². The normalized spacial score (nSPS) is 29.6. The third kappa shape index (κ3) is 6.39. The van der Waals surface area contributed by atoms with Gasteiger partial charge in [-0.25, -0.2) is 0 Å². The molecule has 2 aliphatic rings. The van der Waals surface area contributed by atoms with Crippen molar-refractivity contribution >= 4 is 15.9 Å². The minimum absolute atomic E-state index is 0.986. The van der Waals surface area contributed by atoms with Crippen molar-refractivity contribution in [2.45, 2.75) is 96.8 Å². The quantitative estimate of drug-likeness (QED) is 0.370. The molecule has 0 saturated heterocycles. The lowest BCUT2D eigenvalue weighted by atomic mass is 9.68. The molecule has 0 heterocycles. The van der Waals surface area contributed by atoms with Crippen LogP contribution < -0.4 is 0 Å². The maximum Gasteiger partial charge on any atom is 0.0175 e. The molecular formula is C25H39Br. The van der Waals surface area contributed by atoms with Crippen molar-refractivity contribution in [2.24, 2.45) is 23.7 Å². The molecule has 2 saturated carbocycles. The summed E-state index contributed by atoms with van der Waals surface area (Å²) in [4.78, 5) is 0. The molecule has 0 amide bonds. The lowest BCUT2D eigenvalue weighted by Gasteiger charge is -2.38. The average molecular weight is 419 g/mol. The summed E-state index contributed by atoms with van der Waals surface area (Å²) >= 11 is 3.54. The molecule has 0 spiro atoms. The monoisotopic (exact) mass is 418 g/mol. The lowest BCUT2D eigenvalue weighted by molar-refractivity contribution is 0.140. The van der Waals surface area contributed by atoms with Crippen LogP contribution in [0.5, 0.6) is 0 Å². The molecule has 0 bridgehead atoms. The third-order valence-electron chi connectivity index (χ3n) is 7.42. The van der Waals surface area contributed by atoms with Crippen LogP contribution in [-0.2, 0) is 6.42 Å². The first-order valence-electron chi connectivity index (χ1n) is 11.5. The Morgan fingerprint density at radius 3 is 1.81 bits per heavy atom. The summed E-state index contributed by atoms with van der Waals surface area (Å²) in [6.45, 7) is 2.33. The zero-order valence-corrected chi connectivity index (χ0v) is 18.5. The van der Waals surface area contributed by atoms with Gasteiger partial charge in [-0.3, -0.25) is 0 Å². The fourth-order valence-corrected chi connectivity index (χ4v) is 5.87. The molecule has 0 nitrogen and oxygen atoms in total. The van der Waals surface area contributed by atoms with E-state index >= 15 is 0 Å². The Labute approximate surface area is 170 Å². The van der Waals surface area contributed by atoms with Gasteiger partial charge < -0.3 is 0 Å². The van der Waals surface area contributed by atoms with E-state index in [1.54, 1.807) is 12.8 Å². The second-order valence-corrected chi connectivity index (χ2v) is 10.1. The molecule has 0 N–H and O–H groups in total. The van der Waals surface area contributed by atoms with Crippen LogP contribution in [0.1, 0.15) is 96.0 Å². The van der Waals surface area contributed by atoms with Crippen molar-refractivity contribution in [3.63, 3.8) is 0 Å². The van der Waals surface area contributed by atoms with Gasteiger partial charge in [0.05, 0.1) is 0 Å². The molecule has 3 rings (SSSR count). The van der Waals surface area contributed by atoms with E-state index in [0.29, 0.717) is 0 Å². The molecule has 0 aromatic heterocycles. The maximum atomic E-state index is 3.54. The predicted octanol–water partition coefficient (Wildman–Crippen LogP) is 8.57. The maximum absolute atomic E-state index is 3.54. The van der Waals surface area contributed by atoms with Crippen molar-refractivity contribution in [3.05, 3.63) is 34.3 Å². The average Bonchev–Trinajstić information content (AvgIpc) is 2.69. The second kappa shape index (κ2) is 10.9. The number of aryl methyl sites for hydroxylation is 1. The van der Waals surface area contributed by atoms with Gasteiger partial charge in [-0.15, -0.1) is 0 Å². The summed E-state index contributed by atoms with van der Waals surface area (Å²) in [6.07, 6.45) is 20.7. The number of hydrogen-bond donors (Lipinski definition) is 0. The Balaban J connectivity index is 1.32. The summed E-state index contributed by atoms with van der Waals surface area (Å²) in [7, 11) is 0. The largest absolute Gasteiger partial charge is 0.0654 e. The van der Waals surface area contributed by atoms with Crippen LogP contribution >= 0.6 is 15.9 Å². The molecule has 0 unspecified atom stereocenters. The molecule has 1 aromatic rings. The van der Waals surface area contributed by atoms with Crippen LogP contribution in [0, 0.1) is 23.7 Å². The van der Waals surface area contributed by atoms with Crippen molar-refractivity contribution < 1.29 is 0 Å². The van der Waals surface area contributed by atoms with E-state index in [1.807, 2.05) is 0 Å². The van der Waals surface area contributed by atoms with E-state index in [-0.39, 0.29) is 0 Å². The van der Waals surface area contributed by atoms with E-state index in [9.17, 15) is 0 Å². The van der Waals surface area contributed by atoms with Gasteiger partial charge in [-0.2, -0.15) is 0 Å². The summed E-state index contributed by atoms with van der Waals surface area (Å²) in [5, 5.41) is 0. The van der Waals surface area contributed by atoms with E-state index in [4.69, 9.17) is 0 Å². The van der Waals surface area contributed by atoms with Gasteiger partial charge in [0.25, 0.3) is 0 Å². The number of halogens is 1. The molecule has 2 fully saturated rings. The number of benzene rings is 1. The molecule has 1 aromatic carbocycles. The highest BCUT2D eigenvalue weighted by atomic mass is 79.9. The first-order valence-corrected chi connectivity index (χ1v) is 12.3. The molecule has 1 heteroatoms. The summed E-state index contributed by atoms with van der Waals surface area (Å²) < 4.78 is 1.20. The first-order chi connectivity index (χ1) is 12.7. The van der Waals surface area contributed by atoms with Gasteiger partial charge in [0.1, 0.15) is 0 Å². The summed E-state index contributed by atoms with van der Waals surface area (Å²) in [5.41, 5.74) is 1.51. The molecule has 0 atom stereocenters. The van der Waals surface area contributed by atoms with Gasteiger partial charge in [0.15, 0.2) is 0 Å². The van der Waals surface area contributed by atoms with E-state index < -0.39 is 0 Å². The van der Waals surface area contributed by atoms with Crippen LogP contribution in [0.25, 0.3) is 0 Å². The first kappa shape index (κ1) is 20.4. The standard InChI is InChI=1S/C25H39Br/c1-2-3-4-5-20-8-14-23(15-9-20)24-16-10-21(11-17-24)6-7-22-12-18-25(26)19-13-22/h12-13,18-21,23-24H,2-11,14-17H2,1H3/t20-,21-,23-,24-. The highest BCUT2D eigenvalue weighted by Crippen LogP contribution is 2.43. The Kier molecular flexibility index (Phi) is 8.56. The van der Waals surface area contributed by atoms with Crippen molar-refractivity contribution in [3.8, 4) is 0 Å². The molecule has 2 aliphatic carbocycles. The van der Waals surface area contributed by atoms with Crippen molar-refractivity contribution in [2.75, 3.05) is 0 Å². The fraction of sp³-hybridized carbons (Fsp3) is 0.760. The Morgan fingerprint density at radius 1 is 0.731 bits per heavy atom. The van der Waals surface area contributed by atoms with Gasteiger partial charge >= 0.3 is 0 Å². The zero-order valence-electron chi connectivity index (χ0n) is 16.9. The third-order valence-corrected chi connectivity index (χ3v) is 7.95. The number of hydrogen-bond acceptors (Lipinski definition) is 0.